The maximum atomic E-state index is 13.9. The van der Waals surface area contributed by atoms with Crippen molar-refractivity contribution in [1.29, 1.82) is 0 Å². The number of para-hydroxylation sites is 1. The van der Waals surface area contributed by atoms with E-state index >= 15 is 0 Å². The van der Waals surface area contributed by atoms with Crippen LogP contribution >= 0.6 is 23.6 Å². The molecule has 3 heterocycles. The van der Waals surface area contributed by atoms with E-state index in [1.165, 1.54) is 23.5 Å². The predicted octanol–water partition coefficient (Wildman–Crippen LogP) is 5.53. The number of amides is 1. The monoisotopic (exact) mass is 423 g/mol. The molecule has 0 bridgehead atoms. The fraction of sp³-hybridized carbons (Fsp3) is 0.0500. The fourth-order valence-corrected chi connectivity index (χ4v) is 4.41. The number of anilines is 1. The number of nitrogens with one attached hydrogen (secondary N) is 4. The minimum absolute atomic E-state index is 0.160. The summed E-state index contributed by atoms with van der Waals surface area (Å²) in [5.41, 5.74) is 4.86. The van der Waals surface area contributed by atoms with Crippen LogP contribution in [0.4, 0.5) is 9.52 Å². The van der Waals surface area contributed by atoms with E-state index in [1.54, 1.807) is 0 Å². The number of fused-ring (bicyclic) bond motifs is 2. The maximum absolute atomic E-state index is 13.9. The van der Waals surface area contributed by atoms with Gasteiger partial charge in [0.1, 0.15) is 5.82 Å². The number of aryl methyl sites for hydroxylation is 1. The average Bonchev–Trinajstić information content (AvgIpc) is 3.36. The summed E-state index contributed by atoms with van der Waals surface area (Å²) in [5.74, 6) is -0.988. The lowest BCUT2D eigenvalue weighted by molar-refractivity contribution is 0.102. The molecule has 0 atom stereocenters. The Kier molecular flexibility index (Phi) is 4.07. The molecule has 6 nitrogen and oxygen atoms in total. The highest BCUT2D eigenvalue weighted by molar-refractivity contribution is 7.71. The third kappa shape index (κ3) is 3.04. The Labute approximate surface area is 172 Å². The summed E-state index contributed by atoms with van der Waals surface area (Å²) in [7, 11) is 0. The van der Waals surface area contributed by atoms with Crippen molar-refractivity contribution in [3.63, 3.8) is 0 Å². The van der Waals surface area contributed by atoms with Gasteiger partial charge in [-0.2, -0.15) is 0 Å². The van der Waals surface area contributed by atoms with Crippen LogP contribution in [0.2, 0.25) is 0 Å². The molecule has 1 amide bonds. The Hall–Kier alpha value is -3.30. The van der Waals surface area contributed by atoms with Crippen LogP contribution in [0.25, 0.3) is 33.2 Å². The average molecular weight is 423 g/mol. The molecule has 0 unspecified atom stereocenters. The summed E-state index contributed by atoms with van der Waals surface area (Å²) in [6.45, 7) is 1.99. The first-order valence-electron chi connectivity index (χ1n) is 8.75. The van der Waals surface area contributed by atoms with Gasteiger partial charge in [0.2, 0.25) is 0 Å². The summed E-state index contributed by atoms with van der Waals surface area (Å²) in [6.07, 6.45) is 0. The number of hydrogen-bond acceptors (Lipinski definition) is 4. The van der Waals surface area contributed by atoms with Gasteiger partial charge in [-0.3, -0.25) is 10.1 Å². The van der Waals surface area contributed by atoms with Crippen molar-refractivity contribution < 1.29 is 9.18 Å². The zero-order valence-electron chi connectivity index (χ0n) is 15.1. The molecule has 144 valence electrons. The van der Waals surface area contributed by atoms with E-state index in [2.05, 4.69) is 25.3 Å². The summed E-state index contributed by atoms with van der Waals surface area (Å²) in [4.78, 5) is 26.4. The van der Waals surface area contributed by atoms with Gasteiger partial charge in [-0.05, 0) is 37.3 Å². The van der Waals surface area contributed by atoms with Crippen LogP contribution < -0.4 is 5.32 Å². The standard InChI is InChI=1S/C20H14FN5OS2/c1-9-16(11-4-2-3-5-13(11)22-9)15-8-29-20(24-15)26-18(27)12-6-10(21)7-14-17(12)25-19(28)23-14/h2-8,22H,1H3,(H2,23,25,28)(H,24,26,27). The molecule has 0 saturated heterocycles. The summed E-state index contributed by atoms with van der Waals surface area (Å²) in [6, 6.07) is 10.5. The molecule has 0 aliphatic heterocycles. The van der Waals surface area contributed by atoms with E-state index in [0.717, 1.165) is 27.9 Å². The Balaban J connectivity index is 1.50. The molecule has 0 fully saturated rings. The van der Waals surface area contributed by atoms with Crippen LogP contribution in [-0.4, -0.2) is 25.8 Å². The lowest BCUT2D eigenvalue weighted by Crippen LogP contribution is -2.12. The zero-order valence-corrected chi connectivity index (χ0v) is 16.7. The zero-order chi connectivity index (χ0) is 20.1. The SMILES string of the molecule is Cc1[nH]c2ccccc2c1-c1csc(NC(=O)c2cc(F)cc3[nH]c(=S)[nH]c23)n1. The second-order valence-corrected chi connectivity index (χ2v) is 7.88. The number of thiazole rings is 1. The van der Waals surface area contributed by atoms with Crippen LogP contribution in [0.15, 0.2) is 41.8 Å². The quantitative estimate of drug-likeness (QED) is 0.288. The van der Waals surface area contributed by atoms with Crippen molar-refractivity contribution in [2.75, 3.05) is 5.32 Å². The number of aromatic nitrogens is 4. The molecule has 0 radical (unpaired) electrons. The van der Waals surface area contributed by atoms with Crippen LogP contribution in [0.1, 0.15) is 16.1 Å². The van der Waals surface area contributed by atoms with E-state index < -0.39 is 11.7 Å². The van der Waals surface area contributed by atoms with Crippen molar-refractivity contribution in [1.82, 2.24) is 19.9 Å². The lowest BCUT2D eigenvalue weighted by atomic mass is 10.1. The number of halogens is 1. The Morgan fingerprint density at radius 1 is 1.17 bits per heavy atom. The van der Waals surface area contributed by atoms with E-state index in [4.69, 9.17) is 12.2 Å². The molecule has 2 aromatic carbocycles. The van der Waals surface area contributed by atoms with E-state index in [9.17, 15) is 9.18 Å². The number of rotatable bonds is 3. The van der Waals surface area contributed by atoms with Gasteiger partial charge in [0.25, 0.3) is 5.91 Å². The first-order chi connectivity index (χ1) is 14.0. The first kappa shape index (κ1) is 17.8. The van der Waals surface area contributed by atoms with E-state index in [-0.39, 0.29) is 5.56 Å². The Morgan fingerprint density at radius 2 is 2.00 bits per heavy atom. The summed E-state index contributed by atoms with van der Waals surface area (Å²) < 4.78 is 14.2. The van der Waals surface area contributed by atoms with Gasteiger partial charge in [0, 0.05) is 27.5 Å². The normalized spacial score (nSPS) is 11.4. The van der Waals surface area contributed by atoms with Gasteiger partial charge >= 0.3 is 0 Å². The molecular weight excluding hydrogens is 409 g/mol. The van der Waals surface area contributed by atoms with Gasteiger partial charge in [0.15, 0.2) is 9.90 Å². The molecule has 5 rings (SSSR count). The molecular formula is C20H14FN5OS2. The number of aromatic amines is 3. The van der Waals surface area contributed by atoms with Gasteiger partial charge in [0.05, 0.1) is 22.3 Å². The number of carbonyl (C=O) groups is 1. The minimum Gasteiger partial charge on any atom is -0.358 e. The topological polar surface area (TPSA) is 89.4 Å². The predicted molar refractivity (Wildman–Crippen MR) is 116 cm³/mol. The van der Waals surface area contributed by atoms with Crippen molar-refractivity contribution >= 4 is 56.5 Å². The van der Waals surface area contributed by atoms with Crippen LogP contribution in [0, 0.1) is 17.5 Å². The highest BCUT2D eigenvalue weighted by Gasteiger charge is 2.17. The molecule has 3 aromatic heterocycles. The minimum atomic E-state index is -0.526. The van der Waals surface area contributed by atoms with Crippen molar-refractivity contribution in [2.24, 2.45) is 0 Å². The molecule has 0 aliphatic rings. The largest absolute Gasteiger partial charge is 0.358 e. The first-order valence-corrected chi connectivity index (χ1v) is 10.0. The Bertz CT molecular complexity index is 1460. The summed E-state index contributed by atoms with van der Waals surface area (Å²) >= 11 is 6.37. The number of nitrogens with zero attached hydrogens (tertiary/aromatic N) is 1. The van der Waals surface area contributed by atoms with Crippen molar-refractivity contribution in [2.45, 2.75) is 6.92 Å². The lowest BCUT2D eigenvalue weighted by Gasteiger charge is -2.04. The molecule has 29 heavy (non-hydrogen) atoms. The molecule has 5 aromatic rings. The van der Waals surface area contributed by atoms with Gasteiger partial charge in [-0.25, -0.2) is 9.37 Å². The van der Waals surface area contributed by atoms with Crippen LogP contribution in [0.5, 0.6) is 0 Å². The van der Waals surface area contributed by atoms with Gasteiger partial charge in [-0.15, -0.1) is 11.3 Å². The molecule has 4 N–H and O–H groups in total. The molecule has 0 spiro atoms. The third-order valence-electron chi connectivity index (χ3n) is 4.71. The number of benzene rings is 2. The van der Waals surface area contributed by atoms with Gasteiger partial charge < -0.3 is 15.0 Å². The van der Waals surface area contributed by atoms with E-state index in [1.807, 2.05) is 36.6 Å². The van der Waals surface area contributed by atoms with Crippen molar-refractivity contribution in [3.05, 3.63) is 63.6 Å². The second kappa shape index (κ2) is 6.64. The third-order valence-corrected chi connectivity index (χ3v) is 5.67. The van der Waals surface area contributed by atoms with Crippen LogP contribution in [-0.2, 0) is 0 Å². The number of imidazole rings is 1. The number of carbonyl (C=O) groups excluding carboxylic acids is 1. The number of hydrogen-bond donors (Lipinski definition) is 4. The maximum Gasteiger partial charge on any atom is 0.259 e. The van der Waals surface area contributed by atoms with E-state index in [0.29, 0.717) is 20.9 Å². The fourth-order valence-electron chi connectivity index (χ4n) is 3.50. The number of H-pyrrole nitrogens is 3. The smallest absolute Gasteiger partial charge is 0.259 e. The highest BCUT2D eigenvalue weighted by Crippen LogP contribution is 2.34. The Morgan fingerprint density at radius 3 is 2.86 bits per heavy atom. The van der Waals surface area contributed by atoms with Crippen molar-refractivity contribution in [3.8, 4) is 11.3 Å². The van der Waals surface area contributed by atoms with Crippen LogP contribution in [0.3, 0.4) is 0 Å². The summed E-state index contributed by atoms with van der Waals surface area (Å²) in [5, 5.41) is 6.15. The highest BCUT2D eigenvalue weighted by atomic mass is 32.1. The second-order valence-electron chi connectivity index (χ2n) is 6.62. The van der Waals surface area contributed by atoms with Gasteiger partial charge in [-0.1, -0.05) is 18.2 Å². The molecule has 9 heteroatoms. The molecule has 0 saturated carbocycles. The molecule has 0 aliphatic carbocycles.